The summed E-state index contributed by atoms with van der Waals surface area (Å²) in [6.45, 7) is 8.05. The van der Waals surface area contributed by atoms with Gasteiger partial charge in [0.2, 0.25) is 0 Å². The second-order valence-electron chi connectivity index (χ2n) is 3.77. The highest BCUT2D eigenvalue weighted by Gasteiger charge is 2.39. The van der Waals surface area contributed by atoms with E-state index in [2.05, 4.69) is 4.90 Å². The first-order valence-electron chi connectivity index (χ1n) is 5.42. The summed E-state index contributed by atoms with van der Waals surface area (Å²) in [5.41, 5.74) is 0. The number of carbonyl (C=O) groups is 3. The Labute approximate surface area is 94.6 Å². The van der Waals surface area contributed by atoms with Gasteiger partial charge in [-0.2, -0.15) is 0 Å². The largest absolute Gasteiger partial charge is 0.331 e. The third-order valence-corrected chi connectivity index (χ3v) is 2.71. The molecule has 1 aliphatic heterocycles. The van der Waals surface area contributed by atoms with E-state index >= 15 is 0 Å². The molecule has 1 aliphatic rings. The standard InChI is InChI=1S/C10H17N3O3/c1-4-12(5-2)6-7(3)13-9(15)8(14)11-10(13)16/h7H,4-6H2,1-3H3,(H,11,14,16). The van der Waals surface area contributed by atoms with E-state index in [0.29, 0.717) is 6.54 Å². The number of nitrogens with one attached hydrogen (secondary N) is 1. The van der Waals surface area contributed by atoms with Crippen LogP contribution in [0.1, 0.15) is 20.8 Å². The number of hydrogen-bond donors (Lipinski definition) is 1. The number of hydrogen-bond acceptors (Lipinski definition) is 4. The van der Waals surface area contributed by atoms with Gasteiger partial charge in [0.15, 0.2) is 0 Å². The Balaban J connectivity index is 2.66. The third-order valence-electron chi connectivity index (χ3n) is 2.71. The molecule has 1 fully saturated rings. The van der Waals surface area contributed by atoms with Crippen molar-refractivity contribution in [3.63, 3.8) is 0 Å². The van der Waals surface area contributed by atoms with E-state index in [1.165, 1.54) is 0 Å². The zero-order valence-electron chi connectivity index (χ0n) is 9.82. The number of nitrogens with zero attached hydrogens (tertiary/aromatic N) is 2. The maximum Gasteiger partial charge on any atom is 0.331 e. The highest BCUT2D eigenvalue weighted by Crippen LogP contribution is 2.08. The van der Waals surface area contributed by atoms with Crippen LogP contribution in [-0.2, 0) is 9.59 Å². The molecule has 0 aromatic rings. The molecule has 1 atom stereocenters. The first-order chi connectivity index (χ1) is 7.51. The van der Waals surface area contributed by atoms with Gasteiger partial charge in [0.25, 0.3) is 0 Å². The van der Waals surface area contributed by atoms with Crippen LogP contribution in [0.3, 0.4) is 0 Å². The molecule has 4 amide bonds. The van der Waals surface area contributed by atoms with Crippen LogP contribution in [0, 0.1) is 0 Å². The maximum atomic E-state index is 11.4. The molecule has 1 unspecified atom stereocenters. The molecule has 6 nitrogen and oxygen atoms in total. The van der Waals surface area contributed by atoms with Crippen LogP contribution in [0.4, 0.5) is 4.79 Å². The zero-order chi connectivity index (χ0) is 12.3. The lowest BCUT2D eigenvalue weighted by atomic mass is 10.2. The molecule has 6 heteroatoms. The predicted octanol–water partition coefficient (Wildman–Crippen LogP) is -0.205. The molecule has 1 heterocycles. The molecule has 0 aromatic carbocycles. The number of rotatable bonds is 5. The van der Waals surface area contributed by atoms with E-state index in [1.54, 1.807) is 6.92 Å². The Bertz CT molecular complexity index is 312. The fraction of sp³-hybridized carbons (Fsp3) is 0.700. The minimum Gasteiger partial charge on any atom is -0.302 e. The summed E-state index contributed by atoms with van der Waals surface area (Å²) < 4.78 is 0. The topological polar surface area (TPSA) is 69.7 Å². The van der Waals surface area contributed by atoms with Crippen LogP contribution >= 0.6 is 0 Å². The van der Waals surface area contributed by atoms with Crippen molar-refractivity contribution in [2.24, 2.45) is 0 Å². The average molecular weight is 227 g/mol. The average Bonchev–Trinajstić information content (AvgIpc) is 2.49. The lowest BCUT2D eigenvalue weighted by Gasteiger charge is -2.26. The third kappa shape index (κ3) is 2.38. The lowest BCUT2D eigenvalue weighted by Crippen LogP contribution is -2.45. The van der Waals surface area contributed by atoms with Gasteiger partial charge < -0.3 is 4.90 Å². The SMILES string of the molecule is CCN(CC)CC(C)N1C(=O)NC(=O)C1=O. The van der Waals surface area contributed by atoms with Crippen LogP contribution in [0.2, 0.25) is 0 Å². The molecule has 0 radical (unpaired) electrons. The molecular formula is C10H17N3O3. The number of likely N-dealkylation sites (N-methyl/N-ethyl adjacent to an activating group) is 1. The van der Waals surface area contributed by atoms with Gasteiger partial charge in [-0.15, -0.1) is 0 Å². The molecule has 1 rings (SSSR count). The van der Waals surface area contributed by atoms with Crippen molar-refractivity contribution in [1.29, 1.82) is 0 Å². The molecule has 90 valence electrons. The van der Waals surface area contributed by atoms with Crippen LogP contribution < -0.4 is 5.32 Å². The fourth-order valence-corrected chi connectivity index (χ4v) is 1.75. The summed E-state index contributed by atoms with van der Waals surface area (Å²) in [5, 5.41) is 1.99. The van der Waals surface area contributed by atoms with Gasteiger partial charge in [0.1, 0.15) is 0 Å². The maximum absolute atomic E-state index is 11.4. The summed E-state index contributed by atoms with van der Waals surface area (Å²) in [6.07, 6.45) is 0. The Morgan fingerprint density at radius 2 is 1.81 bits per heavy atom. The molecule has 16 heavy (non-hydrogen) atoms. The van der Waals surface area contributed by atoms with Crippen molar-refractivity contribution in [3.8, 4) is 0 Å². The first kappa shape index (κ1) is 12.6. The Morgan fingerprint density at radius 3 is 2.19 bits per heavy atom. The normalized spacial score (nSPS) is 18.2. The molecule has 1 saturated heterocycles. The molecule has 0 aliphatic carbocycles. The van der Waals surface area contributed by atoms with Crippen LogP contribution in [-0.4, -0.2) is 53.3 Å². The zero-order valence-corrected chi connectivity index (χ0v) is 9.82. The van der Waals surface area contributed by atoms with Gasteiger partial charge in [-0.3, -0.25) is 19.8 Å². The van der Waals surface area contributed by atoms with Crippen LogP contribution in [0.25, 0.3) is 0 Å². The monoisotopic (exact) mass is 227 g/mol. The van der Waals surface area contributed by atoms with E-state index in [1.807, 2.05) is 19.2 Å². The second kappa shape index (κ2) is 5.07. The fourth-order valence-electron chi connectivity index (χ4n) is 1.75. The van der Waals surface area contributed by atoms with E-state index in [-0.39, 0.29) is 6.04 Å². The van der Waals surface area contributed by atoms with Crippen molar-refractivity contribution >= 4 is 17.8 Å². The molecular weight excluding hydrogens is 210 g/mol. The lowest BCUT2D eigenvalue weighted by molar-refractivity contribution is -0.141. The van der Waals surface area contributed by atoms with Crippen molar-refractivity contribution in [2.45, 2.75) is 26.8 Å². The second-order valence-corrected chi connectivity index (χ2v) is 3.77. The van der Waals surface area contributed by atoms with Crippen molar-refractivity contribution < 1.29 is 14.4 Å². The molecule has 0 bridgehead atoms. The Hall–Kier alpha value is -1.43. The van der Waals surface area contributed by atoms with E-state index in [0.717, 1.165) is 18.0 Å². The van der Waals surface area contributed by atoms with Gasteiger partial charge >= 0.3 is 17.8 Å². The predicted molar refractivity (Wildman–Crippen MR) is 57.6 cm³/mol. The van der Waals surface area contributed by atoms with E-state index < -0.39 is 17.8 Å². The van der Waals surface area contributed by atoms with E-state index in [9.17, 15) is 14.4 Å². The molecule has 0 saturated carbocycles. The minimum atomic E-state index is -0.837. The number of amides is 4. The Morgan fingerprint density at radius 1 is 1.25 bits per heavy atom. The van der Waals surface area contributed by atoms with Crippen LogP contribution in [0.5, 0.6) is 0 Å². The number of carbonyl (C=O) groups excluding carboxylic acids is 3. The number of imide groups is 2. The van der Waals surface area contributed by atoms with E-state index in [4.69, 9.17) is 0 Å². The van der Waals surface area contributed by atoms with Crippen molar-refractivity contribution in [3.05, 3.63) is 0 Å². The van der Waals surface area contributed by atoms with Gasteiger partial charge in [-0.1, -0.05) is 13.8 Å². The molecule has 1 N–H and O–H groups in total. The van der Waals surface area contributed by atoms with Gasteiger partial charge in [-0.25, -0.2) is 4.79 Å². The summed E-state index contributed by atoms with van der Waals surface area (Å²) in [6, 6.07) is -0.909. The van der Waals surface area contributed by atoms with Crippen LogP contribution in [0.15, 0.2) is 0 Å². The van der Waals surface area contributed by atoms with Crippen molar-refractivity contribution in [1.82, 2.24) is 15.1 Å². The highest BCUT2D eigenvalue weighted by atomic mass is 16.2. The summed E-state index contributed by atoms with van der Waals surface area (Å²) in [4.78, 5) is 36.8. The Kier molecular flexibility index (Phi) is 4.00. The highest BCUT2D eigenvalue weighted by molar-refractivity contribution is 6.44. The van der Waals surface area contributed by atoms with Gasteiger partial charge in [0.05, 0.1) is 6.04 Å². The number of urea groups is 1. The quantitative estimate of drug-likeness (QED) is 0.521. The summed E-state index contributed by atoms with van der Waals surface area (Å²) in [7, 11) is 0. The summed E-state index contributed by atoms with van der Waals surface area (Å²) >= 11 is 0. The smallest absolute Gasteiger partial charge is 0.302 e. The van der Waals surface area contributed by atoms with Crippen molar-refractivity contribution in [2.75, 3.05) is 19.6 Å². The minimum absolute atomic E-state index is 0.293. The van der Waals surface area contributed by atoms with Gasteiger partial charge in [-0.05, 0) is 20.0 Å². The first-order valence-corrected chi connectivity index (χ1v) is 5.42. The molecule has 0 aromatic heterocycles. The molecule has 0 spiro atoms. The summed E-state index contributed by atoms with van der Waals surface area (Å²) in [5.74, 6) is -1.60. The van der Waals surface area contributed by atoms with Gasteiger partial charge in [0, 0.05) is 6.54 Å².